The van der Waals surface area contributed by atoms with Gasteiger partial charge in [0.2, 0.25) is 0 Å². The summed E-state index contributed by atoms with van der Waals surface area (Å²) < 4.78 is 0. The van der Waals surface area contributed by atoms with Crippen LogP contribution in [0, 0.1) is 0 Å². The van der Waals surface area contributed by atoms with E-state index in [1.54, 1.807) is 6.92 Å². The van der Waals surface area contributed by atoms with Crippen LogP contribution in [0.5, 0.6) is 5.75 Å². The first-order valence-corrected chi connectivity index (χ1v) is 4.14. The molecule has 0 heterocycles. The third kappa shape index (κ3) is 1.74. The summed E-state index contributed by atoms with van der Waals surface area (Å²) in [5.74, 6) is -2.34. The monoisotopic (exact) mass is 193 g/mol. The molecule has 0 aromatic heterocycles. The Morgan fingerprint density at radius 3 is 2.43 bits per heavy atom. The number of carbonyl (C=O) groups is 2. The fraction of sp³-hybridized carbons (Fsp3) is 0.200. The summed E-state index contributed by atoms with van der Waals surface area (Å²) in [6.07, 6.45) is 0.193. The number of carboxylic acids is 1. The van der Waals surface area contributed by atoms with Crippen LogP contribution in [0.2, 0.25) is 0 Å². The van der Waals surface area contributed by atoms with Crippen molar-refractivity contribution in [1.82, 2.24) is 0 Å². The van der Waals surface area contributed by atoms with Crippen molar-refractivity contribution in [3.63, 3.8) is 0 Å². The Morgan fingerprint density at radius 2 is 1.93 bits per heavy atom. The van der Waals surface area contributed by atoms with Crippen molar-refractivity contribution >= 4 is 11.8 Å². The first-order chi connectivity index (χ1) is 6.57. The summed E-state index contributed by atoms with van der Waals surface area (Å²) in [5, 5.41) is 20.0. The van der Waals surface area contributed by atoms with E-state index in [1.807, 2.05) is 0 Å². The molecule has 0 amide bonds. The van der Waals surface area contributed by atoms with Gasteiger partial charge in [-0.05, 0) is 6.07 Å². The number of rotatable bonds is 3. The minimum Gasteiger partial charge on any atom is -0.871 e. The number of ketones is 1. The number of benzene rings is 1. The van der Waals surface area contributed by atoms with Gasteiger partial charge in [-0.15, -0.1) is 0 Å². The van der Waals surface area contributed by atoms with E-state index in [0.717, 1.165) is 0 Å². The average molecular weight is 193 g/mol. The van der Waals surface area contributed by atoms with Gasteiger partial charge in [0.1, 0.15) is 0 Å². The zero-order valence-corrected chi connectivity index (χ0v) is 7.61. The largest absolute Gasteiger partial charge is 0.871 e. The van der Waals surface area contributed by atoms with E-state index >= 15 is 0 Å². The van der Waals surface area contributed by atoms with Crippen LogP contribution in [-0.4, -0.2) is 16.9 Å². The first-order valence-electron chi connectivity index (χ1n) is 4.14. The van der Waals surface area contributed by atoms with Crippen LogP contribution < -0.4 is 5.11 Å². The van der Waals surface area contributed by atoms with Crippen LogP contribution in [0.1, 0.15) is 34.1 Å². The van der Waals surface area contributed by atoms with Crippen LogP contribution in [-0.2, 0) is 0 Å². The predicted octanol–water partition coefficient (Wildman–Crippen LogP) is 1.05. The molecule has 0 spiro atoms. The van der Waals surface area contributed by atoms with Gasteiger partial charge in [-0.25, -0.2) is 4.79 Å². The highest BCUT2D eigenvalue weighted by molar-refractivity contribution is 6.02. The van der Waals surface area contributed by atoms with Gasteiger partial charge in [-0.3, -0.25) is 4.79 Å². The van der Waals surface area contributed by atoms with Crippen molar-refractivity contribution in [2.75, 3.05) is 0 Å². The highest BCUT2D eigenvalue weighted by Crippen LogP contribution is 2.20. The smallest absolute Gasteiger partial charge is 0.335 e. The lowest BCUT2D eigenvalue weighted by atomic mass is 10.0. The second kappa shape index (κ2) is 3.91. The summed E-state index contributed by atoms with van der Waals surface area (Å²) in [5.41, 5.74) is -0.406. The van der Waals surface area contributed by atoms with Crippen molar-refractivity contribution in [2.24, 2.45) is 0 Å². The molecule has 0 aliphatic carbocycles. The lowest BCUT2D eigenvalue weighted by Gasteiger charge is -2.14. The third-order valence-corrected chi connectivity index (χ3v) is 1.87. The molecule has 4 nitrogen and oxygen atoms in total. The topological polar surface area (TPSA) is 77.4 Å². The fourth-order valence-corrected chi connectivity index (χ4v) is 1.12. The molecular formula is C10H9O4-. The average Bonchev–Trinajstić information content (AvgIpc) is 2.16. The molecule has 0 saturated carbocycles. The number of Topliss-reactive ketones (excluding diaryl/α,β-unsaturated/α-hetero) is 1. The van der Waals surface area contributed by atoms with E-state index in [0.29, 0.717) is 0 Å². The Kier molecular flexibility index (Phi) is 2.86. The molecule has 0 saturated heterocycles. The van der Waals surface area contributed by atoms with Crippen LogP contribution in [0.15, 0.2) is 18.2 Å². The number of carboxylic acid groups (broad SMARTS) is 1. The Bertz CT molecular complexity index is 382. The lowest BCUT2D eigenvalue weighted by molar-refractivity contribution is -0.269. The van der Waals surface area contributed by atoms with Crippen molar-refractivity contribution < 1.29 is 19.8 Å². The predicted molar refractivity (Wildman–Crippen MR) is 47.5 cm³/mol. The summed E-state index contributed by atoms with van der Waals surface area (Å²) in [4.78, 5) is 21.8. The zero-order chi connectivity index (χ0) is 10.7. The molecule has 1 aromatic carbocycles. The van der Waals surface area contributed by atoms with Gasteiger partial charge in [0.15, 0.2) is 5.78 Å². The fourth-order valence-electron chi connectivity index (χ4n) is 1.12. The Morgan fingerprint density at radius 1 is 1.36 bits per heavy atom. The maximum absolute atomic E-state index is 11.4. The molecule has 74 valence electrons. The molecule has 0 unspecified atom stereocenters. The van der Waals surface area contributed by atoms with Crippen molar-refractivity contribution in [1.29, 1.82) is 0 Å². The van der Waals surface area contributed by atoms with Gasteiger partial charge >= 0.3 is 5.97 Å². The highest BCUT2D eigenvalue weighted by Gasteiger charge is 2.10. The number of carbonyl (C=O) groups excluding carboxylic acids is 1. The van der Waals surface area contributed by atoms with Crippen LogP contribution in [0.25, 0.3) is 0 Å². The van der Waals surface area contributed by atoms with E-state index in [2.05, 4.69) is 0 Å². The molecule has 1 rings (SSSR count). The summed E-state index contributed by atoms with van der Waals surface area (Å²) in [7, 11) is 0. The number of hydrogen-bond acceptors (Lipinski definition) is 3. The number of aromatic carboxylic acids is 1. The second-order valence-corrected chi connectivity index (χ2v) is 2.76. The van der Waals surface area contributed by atoms with E-state index in [9.17, 15) is 14.7 Å². The van der Waals surface area contributed by atoms with Gasteiger partial charge in [0, 0.05) is 12.0 Å². The second-order valence-electron chi connectivity index (χ2n) is 2.76. The van der Waals surface area contributed by atoms with Gasteiger partial charge < -0.3 is 10.2 Å². The molecular weight excluding hydrogens is 184 g/mol. The minimum atomic E-state index is -1.30. The van der Waals surface area contributed by atoms with Gasteiger partial charge in [0.25, 0.3) is 0 Å². The number of para-hydroxylation sites is 1. The normalized spacial score (nSPS) is 9.79. The van der Waals surface area contributed by atoms with E-state index in [1.165, 1.54) is 18.2 Å². The van der Waals surface area contributed by atoms with Gasteiger partial charge in [0.05, 0.1) is 5.56 Å². The number of hydrogen-bond donors (Lipinski definition) is 1. The quantitative estimate of drug-likeness (QED) is 0.728. The molecule has 0 radical (unpaired) electrons. The molecule has 0 aliphatic rings. The summed E-state index contributed by atoms with van der Waals surface area (Å²) >= 11 is 0. The van der Waals surface area contributed by atoms with Crippen molar-refractivity contribution in [3.05, 3.63) is 29.3 Å². The van der Waals surface area contributed by atoms with E-state index in [4.69, 9.17) is 5.11 Å². The zero-order valence-electron chi connectivity index (χ0n) is 7.61. The van der Waals surface area contributed by atoms with Crippen molar-refractivity contribution in [3.8, 4) is 5.75 Å². The van der Waals surface area contributed by atoms with Crippen LogP contribution in [0.3, 0.4) is 0 Å². The molecule has 1 aromatic rings. The molecule has 0 atom stereocenters. The van der Waals surface area contributed by atoms with E-state index < -0.39 is 11.7 Å². The molecule has 0 bridgehead atoms. The molecule has 14 heavy (non-hydrogen) atoms. The highest BCUT2D eigenvalue weighted by atomic mass is 16.4. The maximum Gasteiger partial charge on any atom is 0.335 e. The standard InChI is InChI=1S/C10H10O4/c1-2-8(11)6-4-3-5-7(9(6)12)10(13)14/h3-5,12H,2H2,1H3,(H,13,14)/p-1. The third-order valence-electron chi connectivity index (χ3n) is 1.87. The van der Waals surface area contributed by atoms with Crippen molar-refractivity contribution in [2.45, 2.75) is 13.3 Å². The van der Waals surface area contributed by atoms with Gasteiger partial charge in [-0.2, -0.15) is 0 Å². The Labute approximate surface area is 80.8 Å². The van der Waals surface area contributed by atoms with Crippen LogP contribution in [0.4, 0.5) is 0 Å². The Hall–Kier alpha value is -1.84. The summed E-state index contributed by atoms with van der Waals surface area (Å²) in [6, 6.07) is 3.94. The SMILES string of the molecule is CCC(=O)c1cccc(C(=O)O)c1[O-]. The van der Waals surface area contributed by atoms with Gasteiger partial charge in [-0.1, -0.05) is 24.8 Å². The Balaban J connectivity index is 3.27. The molecule has 0 aliphatic heterocycles. The molecule has 4 heteroatoms. The first kappa shape index (κ1) is 10.2. The molecule has 0 fully saturated rings. The summed E-state index contributed by atoms with van der Waals surface area (Å²) in [6.45, 7) is 1.62. The molecule has 1 N–H and O–H groups in total. The lowest BCUT2D eigenvalue weighted by Crippen LogP contribution is -2.10. The maximum atomic E-state index is 11.4. The van der Waals surface area contributed by atoms with E-state index in [-0.39, 0.29) is 23.3 Å². The minimum absolute atomic E-state index is 0.0487. The van der Waals surface area contributed by atoms with Crippen LogP contribution >= 0.6 is 0 Å².